The number of aromatic nitrogens is 2. The molecule has 0 atom stereocenters. The van der Waals surface area contributed by atoms with Gasteiger partial charge in [-0.25, -0.2) is 0 Å². The SMILES string of the molecule is Clc1ccc(-c2nc(CN3CCNCC3)no2)o1. The summed E-state index contributed by atoms with van der Waals surface area (Å²) in [6.07, 6.45) is 0. The van der Waals surface area contributed by atoms with Crippen molar-refractivity contribution in [1.29, 1.82) is 0 Å². The molecule has 1 aliphatic rings. The zero-order valence-corrected chi connectivity index (χ0v) is 10.5. The highest BCUT2D eigenvalue weighted by Crippen LogP contribution is 2.23. The molecular formula is C11H13ClN4O2. The van der Waals surface area contributed by atoms with Gasteiger partial charge in [0, 0.05) is 26.2 Å². The molecule has 2 aromatic heterocycles. The van der Waals surface area contributed by atoms with Crippen molar-refractivity contribution in [3.05, 3.63) is 23.2 Å². The van der Waals surface area contributed by atoms with Crippen LogP contribution in [0.3, 0.4) is 0 Å². The summed E-state index contributed by atoms with van der Waals surface area (Å²) in [5, 5.41) is 7.56. The van der Waals surface area contributed by atoms with E-state index in [1.54, 1.807) is 12.1 Å². The Morgan fingerprint density at radius 2 is 2.17 bits per heavy atom. The summed E-state index contributed by atoms with van der Waals surface area (Å²) in [6, 6.07) is 3.36. The second-order valence-corrected chi connectivity index (χ2v) is 4.52. The molecule has 0 radical (unpaired) electrons. The summed E-state index contributed by atoms with van der Waals surface area (Å²) in [6.45, 7) is 4.68. The third-order valence-electron chi connectivity index (χ3n) is 2.83. The quantitative estimate of drug-likeness (QED) is 0.907. The van der Waals surface area contributed by atoms with E-state index < -0.39 is 0 Å². The largest absolute Gasteiger partial charge is 0.440 e. The number of furan rings is 1. The first-order chi connectivity index (χ1) is 8.81. The lowest BCUT2D eigenvalue weighted by Gasteiger charge is -2.25. The molecule has 1 fully saturated rings. The maximum absolute atomic E-state index is 5.70. The molecule has 96 valence electrons. The molecule has 1 N–H and O–H groups in total. The van der Waals surface area contributed by atoms with Crippen LogP contribution in [0.4, 0.5) is 0 Å². The van der Waals surface area contributed by atoms with Crippen molar-refractivity contribution in [3.63, 3.8) is 0 Å². The van der Waals surface area contributed by atoms with E-state index in [0.717, 1.165) is 26.2 Å². The van der Waals surface area contributed by atoms with Crippen molar-refractivity contribution in [2.45, 2.75) is 6.54 Å². The fraction of sp³-hybridized carbons (Fsp3) is 0.455. The molecule has 3 rings (SSSR count). The molecule has 0 amide bonds. The molecule has 0 aromatic carbocycles. The van der Waals surface area contributed by atoms with Crippen molar-refractivity contribution in [2.24, 2.45) is 0 Å². The van der Waals surface area contributed by atoms with Crippen LogP contribution in [0.1, 0.15) is 5.82 Å². The topological polar surface area (TPSA) is 67.3 Å². The standard InChI is InChI=1S/C11H13ClN4O2/c12-9-2-1-8(17-9)11-14-10(15-18-11)7-16-5-3-13-4-6-16/h1-2,13H,3-7H2. The number of hydrogen-bond donors (Lipinski definition) is 1. The van der Waals surface area contributed by atoms with E-state index in [0.29, 0.717) is 29.2 Å². The maximum atomic E-state index is 5.70. The number of piperazine rings is 1. The predicted octanol–water partition coefficient (Wildman–Crippen LogP) is 1.39. The summed E-state index contributed by atoms with van der Waals surface area (Å²) in [5.41, 5.74) is 0. The molecule has 6 nitrogen and oxygen atoms in total. The lowest BCUT2D eigenvalue weighted by molar-refractivity contribution is 0.225. The number of nitrogens with zero attached hydrogens (tertiary/aromatic N) is 3. The minimum Gasteiger partial charge on any atom is -0.440 e. The average Bonchev–Trinajstić information content (AvgIpc) is 2.99. The third kappa shape index (κ3) is 2.55. The van der Waals surface area contributed by atoms with E-state index in [2.05, 4.69) is 20.4 Å². The van der Waals surface area contributed by atoms with Gasteiger partial charge in [-0.15, -0.1) is 0 Å². The summed E-state index contributed by atoms with van der Waals surface area (Å²) in [4.78, 5) is 6.57. The number of nitrogens with one attached hydrogen (secondary N) is 1. The summed E-state index contributed by atoms with van der Waals surface area (Å²) < 4.78 is 10.4. The fourth-order valence-corrected chi connectivity index (χ4v) is 2.06. The molecule has 0 unspecified atom stereocenters. The predicted molar refractivity (Wildman–Crippen MR) is 65.2 cm³/mol. The Kier molecular flexibility index (Phi) is 3.31. The zero-order chi connectivity index (χ0) is 12.4. The van der Waals surface area contributed by atoms with Crippen molar-refractivity contribution < 1.29 is 8.94 Å². The van der Waals surface area contributed by atoms with Gasteiger partial charge in [0.25, 0.3) is 5.89 Å². The van der Waals surface area contributed by atoms with Gasteiger partial charge in [-0.05, 0) is 23.7 Å². The minimum absolute atomic E-state index is 0.312. The monoisotopic (exact) mass is 268 g/mol. The fourth-order valence-electron chi connectivity index (χ4n) is 1.92. The van der Waals surface area contributed by atoms with Gasteiger partial charge in [0.05, 0.1) is 6.54 Å². The van der Waals surface area contributed by atoms with Crippen molar-refractivity contribution >= 4 is 11.6 Å². The van der Waals surface area contributed by atoms with Gasteiger partial charge < -0.3 is 14.3 Å². The molecule has 1 saturated heterocycles. The summed E-state index contributed by atoms with van der Waals surface area (Å²) >= 11 is 5.70. The first-order valence-electron chi connectivity index (χ1n) is 5.82. The third-order valence-corrected chi connectivity index (χ3v) is 3.03. The maximum Gasteiger partial charge on any atom is 0.293 e. The highest BCUT2D eigenvalue weighted by molar-refractivity contribution is 6.28. The second-order valence-electron chi connectivity index (χ2n) is 4.15. The van der Waals surface area contributed by atoms with Gasteiger partial charge in [-0.3, -0.25) is 4.90 Å². The molecule has 7 heteroatoms. The molecule has 0 spiro atoms. The molecule has 0 saturated carbocycles. The molecule has 0 aliphatic carbocycles. The summed E-state index contributed by atoms with van der Waals surface area (Å²) in [5.74, 6) is 1.53. The first kappa shape index (κ1) is 11.7. The van der Waals surface area contributed by atoms with Gasteiger partial charge in [0.1, 0.15) is 0 Å². The van der Waals surface area contributed by atoms with E-state index in [-0.39, 0.29) is 0 Å². The van der Waals surface area contributed by atoms with Crippen LogP contribution in [-0.4, -0.2) is 41.2 Å². The lowest BCUT2D eigenvalue weighted by Crippen LogP contribution is -2.43. The van der Waals surface area contributed by atoms with E-state index in [4.69, 9.17) is 20.5 Å². The van der Waals surface area contributed by atoms with Crippen LogP contribution >= 0.6 is 11.6 Å². The molecular weight excluding hydrogens is 256 g/mol. The average molecular weight is 269 g/mol. The number of halogens is 1. The Balaban J connectivity index is 1.69. The van der Waals surface area contributed by atoms with Crippen molar-refractivity contribution in [1.82, 2.24) is 20.4 Å². The minimum atomic E-state index is 0.312. The van der Waals surface area contributed by atoms with E-state index in [1.807, 2.05) is 0 Å². The number of hydrogen-bond acceptors (Lipinski definition) is 6. The van der Waals surface area contributed by atoms with Crippen LogP contribution in [0.15, 0.2) is 21.1 Å². The Labute approximate surface area is 109 Å². The van der Waals surface area contributed by atoms with Crippen LogP contribution in [0.5, 0.6) is 0 Å². The Morgan fingerprint density at radius 1 is 1.33 bits per heavy atom. The smallest absolute Gasteiger partial charge is 0.293 e. The molecule has 3 heterocycles. The second kappa shape index (κ2) is 5.09. The van der Waals surface area contributed by atoms with Crippen LogP contribution in [0, 0.1) is 0 Å². The molecule has 18 heavy (non-hydrogen) atoms. The highest BCUT2D eigenvalue weighted by Gasteiger charge is 2.16. The van der Waals surface area contributed by atoms with Crippen LogP contribution < -0.4 is 5.32 Å². The lowest BCUT2D eigenvalue weighted by atomic mass is 10.3. The summed E-state index contributed by atoms with van der Waals surface area (Å²) in [7, 11) is 0. The van der Waals surface area contributed by atoms with Gasteiger partial charge >= 0.3 is 0 Å². The van der Waals surface area contributed by atoms with E-state index in [9.17, 15) is 0 Å². The number of rotatable bonds is 3. The van der Waals surface area contributed by atoms with Crippen LogP contribution in [0.2, 0.25) is 5.22 Å². The van der Waals surface area contributed by atoms with Gasteiger partial charge in [0.2, 0.25) is 0 Å². The van der Waals surface area contributed by atoms with Crippen LogP contribution in [-0.2, 0) is 6.54 Å². The van der Waals surface area contributed by atoms with Crippen molar-refractivity contribution in [2.75, 3.05) is 26.2 Å². The molecule has 0 bridgehead atoms. The normalized spacial score (nSPS) is 17.2. The van der Waals surface area contributed by atoms with E-state index in [1.165, 1.54) is 0 Å². The zero-order valence-electron chi connectivity index (χ0n) is 9.73. The highest BCUT2D eigenvalue weighted by atomic mass is 35.5. The van der Waals surface area contributed by atoms with Gasteiger partial charge in [-0.1, -0.05) is 5.16 Å². The van der Waals surface area contributed by atoms with Gasteiger partial charge in [0.15, 0.2) is 16.8 Å². The Bertz CT molecular complexity index is 519. The molecule has 1 aliphatic heterocycles. The van der Waals surface area contributed by atoms with Crippen molar-refractivity contribution in [3.8, 4) is 11.7 Å². The van der Waals surface area contributed by atoms with Gasteiger partial charge in [-0.2, -0.15) is 4.98 Å². The molecule has 2 aromatic rings. The Morgan fingerprint density at radius 3 is 2.89 bits per heavy atom. The first-order valence-corrected chi connectivity index (χ1v) is 6.20. The van der Waals surface area contributed by atoms with E-state index >= 15 is 0 Å². The van der Waals surface area contributed by atoms with Crippen LogP contribution in [0.25, 0.3) is 11.7 Å². The Hall–Kier alpha value is -1.37.